The third-order valence-corrected chi connectivity index (χ3v) is 17.1. The zero-order chi connectivity index (χ0) is 35.6. The molecule has 3 heterocycles. The molecule has 3 aliphatic heterocycles. The van der Waals surface area contributed by atoms with Gasteiger partial charge in [-0.1, -0.05) is 74.9 Å². The molecular formula is C38H60N6O2S3. The van der Waals surface area contributed by atoms with Gasteiger partial charge in [0.1, 0.15) is 11.5 Å². The number of nitrogens with zero attached hydrogens (tertiary/aromatic N) is 4. The number of likely N-dealkylation sites (N-methyl/N-ethyl adjacent to an activating group) is 2. The van der Waals surface area contributed by atoms with Crippen molar-refractivity contribution in [3.05, 3.63) is 83.9 Å². The highest BCUT2D eigenvalue weighted by Gasteiger charge is 2.55. The highest BCUT2D eigenvalue weighted by Crippen LogP contribution is 2.74. The molecule has 0 aliphatic carbocycles. The van der Waals surface area contributed by atoms with Gasteiger partial charge in [-0.25, -0.2) is 4.90 Å². The standard InChI is InChI=1S/C38H60N6O2S3/c1-28(49(37(3,4)5,30-18-14-12-15-19-30)31-20-16-13-17-21-31)22-23-32-33(45-29(2)48-47-11)24-38(6,46-32)44-27-42(9)34-35(39-25-40-36(34)44)43(10)26-41(7)8/h12-21,28,34-36,39-40H,2,22-27H2,1,3-11H3. The number of hydrogen-bond acceptors (Lipinski definition) is 10. The topological polar surface area (TPSA) is 55.5 Å². The Hall–Kier alpha value is -1.67. The van der Waals surface area contributed by atoms with Crippen LogP contribution in [0.5, 0.6) is 0 Å². The van der Waals surface area contributed by atoms with Crippen molar-refractivity contribution < 1.29 is 9.47 Å². The highest BCUT2D eigenvalue weighted by atomic mass is 33.1. The number of ether oxygens (including phenoxy) is 2. The third-order valence-electron chi connectivity index (χ3n) is 10.2. The van der Waals surface area contributed by atoms with Crippen LogP contribution in [-0.4, -0.2) is 108 Å². The summed E-state index contributed by atoms with van der Waals surface area (Å²) >= 11 is 0. The zero-order valence-electron chi connectivity index (χ0n) is 31.4. The molecule has 2 aromatic carbocycles. The van der Waals surface area contributed by atoms with Crippen LogP contribution in [0.2, 0.25) is 0 Å². The molecule has 0 bridgehead atoms. The van der Waals surface area contributed by atoms with Gasteiger partial charge in [0.25, 0.3) is 0 Å². The second-order valence-electron chi connectivity index (χ2n) is 15.1. The quantitative estimate of drug-likeness (QED) is 0.116. The maximum absolute atomic E-state index is 7.17. The number of nitrogens with one attached hydrogen (secondary N) is 2. The predicted molar refractivity (Wildman–Crippen MR) is 211 cm³/mol. The molecule has 11 heteroatoms. The lowest BCUT2D eigenvalue weighted by Gasteiger charge is -2.55. The van der Waals surface area contributed by atoms with Crippen LogP contribution >= 0.6 is 31.6 Å². The maximum atomic E-state index is 7.17. The van der Waals surface area contributed by atoms with Crippen molar-refractivity contribution in [2.24, 2.45) is 0 Å². The van der Waals surface area contributed by atoms with Crippen molar-refractivity contribution in [1.82, 2.24) is 30.2 Å². The SMILES string of the molecule is C=C(OC1=C(CCC(C)S(c2ccccc2)(c2ccccc2)C(C)(C)C)OC(C)(N2CN(C)C3C(N(C)CN(C)C)NCNC32)C1)SSC. The van der Waals surface area contributed by atoms with Crippen LogP contribution in [0.1, 0.15) is 53.9 Å². The summed E-state index contributed by atoms with van der Waals surface area (Å²) in [7, 11) is 10.4. The van der Waals surface area contributed by atoms with Crippen molar-refractivity contribution in [2.75, 3.05) is 54.5 Å². The molecule has 0 amide bonds. The van der Waals surface area contributed by atoms with E-state index in [0.29, 0.717) is 16.8 Å². The monoisotopic (exact) mass is 728 g/mol. The molecule has 2 N–H and O–H groups in total. The Bertz CT molecular complexity index is 1400. The second kappa shape index (κ2) is 15.9. The first kappa shape index (κ1) is 38.6. The number of allylic oxidation sites excluding steroid dienone is 1. The van der Waals surface area contributed by atoms with E-state index in [4.69, 9.17) is 9.47 Å². The summed E-state index contributed by atoms with van der Waals surface area (Å²) in [5.41, 5.74) is -0.562. The Kier molecular flexibility index (Phi) is 12.5. The van der Waals surface area contributed by atoms with Gasteiger partial charge in [0.15, 0.2) is 10.8 Å². The largest absolute Gasteiger partial charge is 0.473 e. The van der Waals surface area contributed by atoms with E-state index in [1.54, 1.807) is 21.6 Å². The van der Waals surface area contributed by atoms with Crippen LogP contribution < -0.4 is 10.6 Å². The highest BCUT2D eigenvalue weighted by molar-refractivity contribution is 8.77. The first-order valence-electron chi connectivity index (χ1n) is 17.4. The van der Waals surface area contributed by atoms with Crippen LogP contribution in [0.3, 0.4) is 0 Å². The van der Waals surface area contributed by atoms with E-state index in [9.17, 15) is 0 Å². The van der Waals surface area contributed by atoms with Gasteiger partial charge in [0.05, 0.1) is 38.1 Å². The number of rotatable bonds is 14. The van der Waals surface area contributed by atoms with Crippen LogP contribution in [0, 0.1) is 0 Å². The lowest BCUT2D eigenvalue weighted by Crippen LogP contribution is -2.70. The molecule has 0 saturated carbocycles. The number of fused-ring (bicyclic) bond motifs is 1. The van der Waals surface area contributed by atoms with Gasteiger partial charge in [-0.05, 0) is 109 Å². The van der Waals surface area contributed by atoms with E-state index in [1.165, 1.54) is 9.79 Å². The molecule has 2 fully saturated rings. The normalized spacial score (nSPS) is 26.2. The van der Waals surface area contributed by atoms with Crippen LogP contribution in [0.4, 0.5) is 0 Å². The Morgan fingerprint density at radius 3 is 2.24 bits per heavy atom. The zero-order valence-corrected chi connectivity index (χ0v) is 33.8. The summed E-state index contributed by atoms with van der Waals surface area (Å²) in [5.74, 6) is 1.88. The van der Waals surface area contributed by atoms with E-state index in [1.807, 2.05) is 0 Å². The number of benzene rings is 2. The predicted octanol–water partition coefficient (Wildman–Crippen LogP) is 7.55. The van der Waals surface area contributed by atoms with E-state index in [2.05, 4.69) is 167 Å². The molecule has 0 aromatic heterocycles. The summed E-state index contributed by atoms with van der Waals surface area (Å²) in [6.45, 7) is 18.6. The molecule has 5 atom stereocenters. The lowest BCUT2D eigenvalue weighted by atomic mass is 10.1. The van der Waals surface area contributed by atoms with Gasteiger partial charge >= 0.3 is 0 Å². The fourth-order valence-corrected chi connectivity index (χ4v) is 14.9. The molecule has 8 nitrogen and oxygen atoms in total. The molecule has 2 saturated heterocycles. The van der Waals surface area contributed by atoms with E-state index in [0.717, 1.165) is 44.4 Å². The minimum Gasteiger partial charge on any atom is -0.473 e. The van der Waals surface area contributed by atoms with Crippen molar-refractivity contribution in [3.63, 3.8) is 0 Å². The van der Waals surface area contributed by atoms with Gasteiger partial charge in [-0.3, -0.25) is 25.3 Å². The second-order valence-corrected chi connectivity index (χ2v) is 21.8. The maximum Gasteiger partial charge on any atom is 0.169 e. The summed E-state index contributed by atoms with van der Waals surface area (Å²) in [4.78, 5) is 12.5. The van der Waals surface area contributed by atoms with Crippen molar-refractivity contribution in [3.8, 4) is 0 Å². The molecule has 0 radical (unpaired) electrons. The molecule has 3 aliphatic rings. The molecule has 0 spiro atoms. The van der Waals surface area contributed by atoms with Gasteiger partial charge in [0, 0.05) is 13.1 Å². The fraction of sp³-hybridized carbons (Fsp3) is 0.579. The molecule has 5 rings (SSSR count). The Balaban J connectivity index is 1.44. The number of hydrogen-bond donors (Lipinski definition) is 2. The first-order valence-corrected chi connectivity index (χ1v) is 21.7. The lowest BCUT2D eigenvalue weighted by molar-refractivity contribution is -0.119. The van der Waals surface area contributed by atoms with E-state index >= 15 is 0 Å². The Labute approximate surface area is 306 Å². The molecular weight excluding hydrogens is 669 g/mol. The molecule has 49 heavy (non-hydrogen) atoms. The van der Waals surface area contributed by atoms with Crippen LogP contribution in [-0.2, 0) is 9.47 Å². The van der Waals surface area contributed by atoms with E-state index in [-0.39, 0.29) is 23.1 Å². The minimum atomic E-state index is -1.47. The summed E-state index contributed by atoms with van der Waals surface area (Å²) in [6, 6.07) is 22.7. The third kappa shape index (κ3) is 7.90. The van der Waals surface area contributed by atoms with E-state index < -0.39 is 15.8 Å². The molecule has 5 unspecified atom stereocenters. The van der Waals surface area contributed by atoms with Gasteiger partial charge in [-0.15, -0.1) is 0 Å². The van der Waals surface area contributed by atoms with Crippen molar-refractivity contribution in [1.29, 1.82) is 0 Å². The first-order chi connectivity index (χ1) is 23.2. The van der Waals surface area contributed by atoms with Crippen molar-refractivity contribution >= 4 is 31.6 Å². The Morgan fingerprint density at radius 2 is 1.69 bits per heavy atom. The smallest absolute Gasteiger partial charge is 0.169 e. The average molecular weight is 729 g/mol. The van der Waals surface area contributed by atoms with Crippen LogP contribution in [0.25, 0.3) is 0 Å². The molecule has 272 valence electrons. The van der Waals surface area contributed by atoms with Gasteiger partial charge in [0.2, 0.25) is 0 Å². The summed E-state index contributed by atoms with van der Waals surface area (Å²) < 4.78 is 13.8. The fourth-order valence-electron chi connectivity index (χ4n) is 8.41. The summed E-state index contributed by atoms with van der Waals surface area (Å²) in [5, 5.41) is 8.59. The Morgan fingerprint density at radius 1 is 1.08 bits per heavy atom. The van der Waals surface area contributed by atoms with Crippen LogP contribution in [0.15, 0.2) is 93.6 Å². The summed E-state index contributed by atoms with van der Waals surface area (Å²) in [6.07, 6.45) is 4.84. The van der Waals surface area contributed by atoms with Gasteiger partial charge in [-0.2, -0.15) is 10.0 Å². The minimum absolute atomic E-state index is 0.0310. The van der Waals surface area contributed by atoms with Gasteiger partial charge < -0.3 is 9.47 Å². The molecule has 2 aromatic rings. The average Bonchev–Trinajstić information content (AvgIpc) is 3.57. The van der Waals surface area contributed by atoms with Crippen molar-refractivity contribution in [2.45, 2.75) is 97.8 Å².